The monoisotopic (exact) mass is 359 g/mol. The molecule has 1 fully saturated rings. The second kappa shape index (κ2) is 7.23. The molecule has 132 valence electrons. The van der Waals surface area contributed by atoms with Crippen molar-refractivity contribution in [3.05, 3.63) is 59.9 Å². The van der Waals surface area contributed by atoms with Gasteiger partial charge < -0.3 is 10.2 Å². The lowest BCUT2D eigenvalue weighted by Gasteiger charge is -2.25. The molecule has 1 unspecified atom stereocenters. The van der Waals surface area contributed by atoms with Crippen LogP contribution in [0.15, 0.2) is 48.7 Å². The predicted octanol–water partition coefficient (Wildman–Crippen LogP) is 1.63. The Morgan fingerprint density at radius 2 is 2.00 bits per heavy atom. The number of amides is 1. The van der Waals surface area contributed by atoms with Crippen molar-refractivity contribution in [3.8, 4) is 0 Å². The largest absolute Gasteiger partial charge is 0.369 e. The van der Waals surface area contributed by atoms with Gasteiger partial charge in [0.2, 0.25) is 0 Å². The quantitative estimate of drug-likeness (QED) is 0.878. The molecule has 1 aromatic heterocycles. The van der Waals surface area contributed by atoms with Crippen LogP contribution in [0.1, 0.15) is 22.5 Å². The van der Waals surface area contributed by atoms with Crippen LogP contribution >= 0.6 is 0 Å². The maximum Gasteiger partial charge on any atom is 0.270 e. The van der Waals surface area contributed by atoms with Crippen molar-refractivity contribution >= 4 is 21.4 Å². The van der Waals surface area contributed by atoms with Gasteiger partial charge in [0.1, 0.15) is 5.69 Å². The van der Waals surface area contributed by atoms with Gasteiger partial charge in [-0.25, -0.2) is 13.4 Å². The van der Waals surface area contributed by atoms with Crippen LogP contribution < -0.4 is 10.2 Å². The number of anilines is 1. The summed E-state index contributed by atoms with van der Waals surface area (Å²) in [6.07, 6.45) is 2.24. The number of carbonyl (C=O) groups is 1. The molecule has 1 aliphatic heterocycles. The van der Waals surface area contributed by atoms with E-state index in [0.29, 0.717) is 18.7 Å². The minimum absolute atomic E-state index is 0.0374. The van der Waals surface area contributed by atoms with Gasteiger partial charge in [-0.05, 0) is 24.1 Å². The molecule has 0 radical (unpaired) electrons. The first kappa shape index (κ1) is 17.4. The number of hydrogen-bond donors (Lipinski definition) is 1. The lowest BCUT2D eigenvalue weighted by Crippen LogP contribution is -2.32. The molecule has 3 rings (SSSR count). The Balaban J connectivity index is 1.60. The number of hydrogen-bond acceptors (Lipinski definition) is 5. The summed E-state index contributed by atoms with van der Waals surface area (Å²) in [7, 11) is -1.07. The summed E-state index contributed by atoms with van der Waals surface area (Å²) < 4.78 is 23.2. The van der Waals surface area contributed by atoms with Crippen LogP contribution in [0.3, 0.4) is 0 Å². The number of carbonyl (C=O) groups excluding carboxylic acids is 1. The average Bonchev–Trinajstić information content (AvgIpc) is 3.00. The molecule has 1 atom stereocenters. The summed E-state index contributed by atoms with van der Waals surface area (Å²) in [5, 5.41) is 2.84. The van der Waals surface area contributed by atoms with Crippen LogP contribution in [0.25, 0.3) is 0 Å². The summed E-state index contributed by atoms with van der Waals surface area (Å²) in [5.74, 6) is 0.166. The van der Waals surface area contributed by atoms with Crippen LogP contribution in [-0.2, 0) is 16.4 Å². The van der Waals surface area contributed by atoms with Crippen LogP contribution in [0.5, 0.6) is 0 Å². The minimum atomic E-state index is -2.93. The maximum atomic E-state index is 12.2. The zero-order valence-corrected chi connectivity index (χ0v) is 14.9. The first-order valence-corrected chi connectivity index (χ1v) is 9.98. The van der Waals surface area contributed by atoms with E-state index in [1.54, 1.807) is 18.3 Å². The molecule has 7 heteroatoms. The molecular weight excluding hydrogens is 338 g/mol. The van der Waals surface area contributed by atoms with Crippen molar-refractivity contribution in [3.63, 3.8) is 0 Å². The van der Waals surface area contributed by atoms with Gasteiger partial charge in [-0.2, -0.15) is 0 Å². The second-order valence-electron chi connectivity index (χ2n) is 6.24. The van der Waals surface area contributed by atoms with Gasteiger partial charge in [0.05, 0.1) is 23.4 Å². The SMILES string of the molecule is CN(c1ccc(C(=O)NCc2ccccc2)nc1)C1CCS(=O)(=O)C1. The fourth-order valence-corrected chi connectivity index (χ4v) is 4.66. The highest BCUT2D eigenvalue weighted by molar-refractivity contribution is 7.91. The molecule has 1 N–H and O–H groups in total. The fraction of sp³-hybridized carbons (Fsp3) is 0.333. The van der Waals surface area contributed by atoms with Crippen molar-refractivity contribution in [1.82, 2.24) is 10.3 Å². The molecule has 0 bridgehead atoms. The van der Waals surface area contributed by atoms with Gasteiger partial charge in [0, 0.05) is 19.6 Å². The van der Waals surface area contributed by atoms with Crippen LogP contribution in [0.4, 0.5) is 5.69 Å². The summed E-state index contributed by atoms with van der Waals surface area (Å²) in [5.41, 5.74) is 2.17. The van der Waals surface area contributed by atoms with Crippen LogP contribution in [0, 0.1) is 0 Å². The third kappa shape index (κ3) is 4.36. The molecule has 1 aromatic carbocycles. The summed E-state index contributed by atoms with van der Waals surface area (Å²) in [6, 6.07) is 13.1. The van der Waals surface area contributed by atoms with Gasteiger partial charge in [-0.15, -0.1) is 0 Å². The summed E-state index contributed by atoms with van der Waals surface area (Å²) >= 11 is 0. The van der Waals surface area contributed by atoms with Crippen molar-refractivity contribution in [2.45, 2.75) is 19.0 Å². The number of benzene rings is 1. The van der Waals surface area contributed by atoms with Crippen molar-refractivity contribution in [2.24, 2.45) is 0 Å². The number of aromatic nitrogens is 1. The molecule has 0 spiro atoms. The second-order valence-corrected chi connectivity index (χ2v) is 8.47. The normalized spacial score (nSPS) is 18.7. The van der Waals surface area contributed by atoms with Gasteiger partial charge in [0.25, 0.3) is 5.91 Å². The van der Waals surface area contributed by atoms with E-state index in [-0.39, 0.29) is 23.5 Å². The van der Waals surface area contributed by atoms with Crippen molar-refractivity contribution < 1.29 is 13.2 Å². The molecular formula is C18H21N3O3S. The van der Waals surface area contributed by atoms with Gasteiger partial charge >= 0.3 is 0 Å². The Morgan fingerprint density at radius 1 is 1.24 bits per heavy atom. The zero-order chi connectivity index (χ0) is 17.9. The Hall–Kier alpha value is -2.41. The Morgan fingerprint density at radius 3 is 2.60 bits per heavy atom. The van der Waals surface area contributed by atoms with Crippen molar-refractivity contribution in [2.75, 3.05) is 23.5 Å². The van der Waals surface area contributed by atoms with Gasteiger partial charge in [0.15, 0.2) is 9.84 Å². The van der Waals surface area contributed by atoms with E-state index < -0.39 is 9.84 Å². The molecule has 0 aliphatic carbocycles. The van der Waals surface area contributed by atoms with Gasteiger partial charge in [-0.1, -0.05) is 30.3 Å². The van der Waals surface area contributed by atoms with E-state index in [4.69, 9.17) is 0 Å². The molecule has 25 heavy (non-hydrogen) atoms. The molecule has 1 amide bonds. The number of nitrogens with one attached hydrogen (secondary N) is 1. The third-order valence-corrected chi connectivity index (χ3v) is 6.19. The molecule has 2 aromatic rings. The lowest BCUT2D eigenvalue weighted by molar-refractivity contribution is 0.0946. The van der Waals surface area contributed by atoms with Crippen LogP contribution in [-0.4, -0.2) is 43.9 Å². The Bertz CT molecular complexity index is 836. The molecule has 0 saturated carbocycles. The first-order valence-electron chi connectivity index (χ1n) is 8.16. The van der Waals surface area contributed by atoms with E-state index in [9.17, 15) is 13.2 Å². The van der Waals surface area contributed by atoms with E-state index in [1.807, 2.05) is 42.3 Å². The number of rotatable bonds is 5. The Kier molecular flexibility index (Phi) is 5.03. The molecule has 6 nitrogen and oxygen atoms in total. The smallest absolute Gasteiger partial charge is 0.270 e. The fourth-order valence-electron chi connectivity index (χ4n) is 2.89. The molecule has 2 heterocycles. The van der Waals surface area contributed by atoms with Crippen LogP contribution in [0.2, 0.25) is 0 Å². The number of sulfone groups is 1. The predicted molar refractivity (Wildman–Crippen MR) is 97.3 cm³/mol. The Labute approximate surface area is 147 Å². The highest BCUT2D eigenvalue weighted by Gasteiger charge is 2.30. The number of nitrogens with zero attached hydrogens (tertiary/aromatic N) is 2. The highest BCUT2D eigenvalue weighted by atomic mass is 32.2. The lowest BCUT2D eigenvalue weighted by atomic mass is 10.2. The van der Waals surface area contributed by atoms with E-state index in [2.05, 4.69) is 10.3 Å². The molecule has 1 saturated heterocycles. The highest BCUT2D eigenvalue weighted by Crippen LogP contribution is 2.22. The van der Waals surface area contributed by atoms with E-state index in [1.165, 1.54) is 0 Å². The summed E-state index contributed by atoms with van der Waals surface area (Å²) in [6.45, 7) is 0.447. The first-order chi connectivity index (χ1) is 11.9. The van der Waals surface area contributed by atoms with Gasteiger partial charge in [-0.3, -0.25) is 4.79 Å². The van der Waals surface area contributed by atoms with E-state index >= 15 is 0 Å². The summed E-state index contributed by atoms with van der Waals surface area (Å²) in [4.78, 5) is 18.3. The minimum Gasteiger partial charge on any atom is -0.369 e. The topological polar surface area (TPSA) is 79.4 Å². The number of pyridine rings is 1. The third-order valence-electron chi connectivity index (χ3n) is 4.44. The van der Waals surface area contributed by atoms with E-state index in [0.717, 1.165) is 11.3 Å². The average molecular weight is 359 g/mol. The standard InChI is InChI=1S/C18H21N3O3S/c1-21(16-9-10-25(23,24)13-16)15-7-8-17(19-12-15)18(22)20-11-14-5-3-2-4-6-14/h2-8,12,16H,9-11,13H2,1H3,(H,20,22). The van der Waals surface area contributed by atoms with Crippen molar-refractivity contribution in [1.29, 1.82) is 0 Å². The molecule has 1 aliphatic rings. The maximum absolute atomic E-state index is 12.2. The zero-order valence-electron chi connectivity index (χ0n) is 14.1.